The molecule has 0 aromatic heterocycles. The minimum Gasteiger partial charge on any atom is -0.307 e. The maximum absolute atomic E-state index is 12.9. The highest BCUT2D eigenvalue weighted by Crippen LogP contribution is 2.12. The lowest BCUT2D eigenvalue weighted by Crippen LogP contribution is -2.18. The van der Waals surface area contributed by atoms with Crippen LogP contribution in [0, 0.1) is 5.82 Å². The van der Waals surface area contributed by atoms with Crippen molar-refractivity contribution in [1.29, 1.82) is 0 Å². The van der Waals surface area contributed by atoms with Gasteiger partial charge in [0.2, 0.25) is 0 Å². The molecule has 1 aromatic rings. The summed E-state index contributed by atoms with van der Waals surface area (Å²) in [5.41, 5.74) is 0.953. The van der Waals surface area contributed by atoms with E-state index in [-0.39, 0.29) is 11.9 Å². The third kappa shape index (κ3) is 4.45. The molecule has 0 radical (unpaired) electrons. The second-order valence-electron chi connectivity index (χ2n) is 3.31. The lowest BCUT2D eigenvalue weighted by molar-refractivity contribution is 0.595. The SMILES string of the molecule is C[C@H](NC/C=C/CCl)c1cccc(F)c1. The van der Waals surface area contributed by atoms with Crippen molar-refractivity contribution in [2.45, 2.75) is 13.0 Å². The van der Waals surface area contributed by atoms with Crippen LogP contribution in [0.5, 0.6) is 0 Å². The summed E-state index contributed by atoms with van der Waals surface area (Å²) in [5.74, 6) is 0.327. The third-order valence-electron chi connectivity index (χ3n) is 2.15. The van der Waals surface area contributed by atoms with Gasteiger partial charge in [-0.25, -0.2) is 4.39 Å². The van der Waals surface area contributed by atoms with Crippen molar-refractivity contribution in [2.75, 3.05) is 12.4 Å². The molecule has 0 saturated heterocycles. The van der Waals surface area contributed by atoms with Crippen molar-refractivity contribution in [1.82, 2.24) is 5.32 Å². The molecule has 1 N–H and O–H groups in total. The Morgan fingerprint density at radius 3 is 2.93 bits per heavy atom. The van der Waals surface area contributed by atoms with Gasteiger partial charge in [-0.1, -0.05) is 24.3 Å². The average molecular weight is 228 g/mol. The number of benzene rings is 1. The highest BCUT2D eigenvalue weighted by atomic mass is 35.5. The van der Waals surface area contributed by atoms with Gasteiger partial charge in [-0.3, -0.25) is 0 Å². The van der Waals surface area contributed by atoms with Crippen LogP contribution in [-0.2, 0) is 0 Å². The van der Waals surface area contributed by atoms with E-state index in [1.807, 2.05) is 25.1 Å². The number of alkyl halides is 1. The molecule has 0 aliphatic carbocycles. The van der Waals surface area contributed by atoms with Crippen molar-refractivity contribution >= 4 is 11.6 Å². The monoisotopic (exact) mass is 227 g/mol. The van der Waals surface area contributed by atoms with Gasteiger partial charge in [0.1, 0.15) is 5.82 Å². The average Bonchev–Trinajstić information content (AvgIpc) is 2.24. The highest BCUT2D eigenvalue weighted by Gasteiger charge is 2.03. The summed E-state index contributed by atoms with van der Waals surface area (Å²) in [4.78, 5) is 0. The van der Waals surface area contributed by atoms with Crippen LogP contribution in [0.25, 0.3) is 0 Å². The molecule has 0 amide bonds. The molecule has 0 heterocycles. The van der Waals surface area contributed by atoms with Crippen molar-refractivity contribution in [2.24, 2.45) is 0 Å². The van der Waals surface area contributed by atoms with Crippen LogP contribution in [-0.4, -0.2) is 12.4 Å². The molecule has 3 heteroatoms. The molecule has 0 spiro atoms. The molecule has 15 heavy (non-hydrogen) atoms. The summed E-state index contributed by atoms with van der Waals surface area (Å²) in [6, 6.07) is 6.76. The third-order valence-corrected chi connectivity index (χ3v) is 2.32. The van der Waals surface area contributed by atoms with E-state index in [4.69, 9.17) is 11.6 Å². The normalized spacial score (nSPS) is 13.3. The first-order chi connectivity index (χ1) is 7.24. The van der Waals surface area contributed by atoms with Gasteiger partial charge in [-0.2, -0.15) is 0 Å². The maximum atomic E-state index is 12.9. The smallest absolute Gasteiger partial charge is 0.123 e. The largest absolute Gasteiger partial charge is 0.307 e. The van der Waals surface area contributed by atoms with Crippen LogP contribution >= 0.6 is 11.6 Å². The van der Waals surface area contributed by atoms with Crippen LogP contribution < -0.4 is 5.32 Å². The molecule has 82 valence electrons. The van der Waals surface area contributed by atoms with E-state index in [0.717, 1.165) is 12.1 Å². The Labute approximate surface area is 95.0 Å². The summed E-state index contributed by atoms with van der Waals surface area (Å²) in [5, 5.41) is 3.25. The van der Waals surface area contributed by atoms with E-state index >= 15 is 0 Å². The Morgan fingerprint density at radius 1 is 1.47 bits per heavy atom. The quantitative estimate of drug-likeness (QED) is 0.602. The Kier molecular flexibility index (Phi) is 5.37. The standard InChI is InChI=1S/C12H15ClFN/c1-10(15-8-3-2-7-13)11-5-4-6-12(14)9-11/h2-6,9-10,15H,7-8H2,1H3/b3-2+/t10-/m0/s1. The first-order valence-electron chi connectivity index (χ1n) is 4.94. The van der Waals surface area contributed by atoms with Gasteiger partial charge >= 0.3 is 0 Å². The Bertz CT molecular complexity index is 325. The van der Waals surface area contributed by atoms with Crippen LogP contribution in [0.4, 0.5) is 4.39 Å². The van der Waals surface area contributed by atoms with Crippen LogP contribution in [0.2, 0.25) is 0 Å². The molecule has 0 unspecified atom stereocenters. The number of hydrogen-bond donors (Lipinski definition) is 1. The van der Waals surface area contributed by atoms with E-state index in [2.05, 4.69) is 5.32 Å². The van der Waals surface area contributed by atoms with Gasteiger partial charge in [0, 0.05) is 18.5 Å². The minimum atomic E-state index is -0.197. The summed E-state index contributed by atoms with van der Waals surface area (Å²) < 4.78 is 12.9. The second kappa shape index (κ2) is 6.59. The molecule has 1 nitrogen and oxygen atoms in total. The summed E-state index contributed by atoms with van der Waals surface area (Å²) in [6.07, 6.45) is 3.84. The highest BCUT2D eigenvalue weighted by molar-refractivity contribution is 6.18. The Balaban J connectivity index is 2.46. The van der Waals surface area contributed by atoms with Crippen LogP contribution in [0.1, 0.15) is 18.5 Å². The fourth-order valence-corrected chi connectivity index (χ4v) is 1.41. The zero-order valence-electron chi connectivity index (χ0n) is 8.71. The van der Waals surface area contributed by atoms with Gasteiger partial charge in [-0.05, 0) is 24.6 Å². The van der Waals surface area contributed by atoms with Gasteiger partial charge in [0.15, 0.2) is 0 Å². The lowest BCUT2D eigenvalue weighted by Gasteiger charge is -2.12. The van der Waals surface area contributed by atoms with E-state index in [1.54, 1.807) is 12.1 Å². The van der Waals surface area contributed by atoms with Gasteiger partial charge in [0.05, 0.1) is 0 Å². The predicted octanol–water partition coefficient (Wildman–Crippen LogP) is 3.27. The number of hydrogen-bond acceptors (Lipinski definition) is 1. The van der Waals surface area contributed by atoms with Crippen molar-refractivity contribution < 1.29 is 4.39 Å². The molecule has 1 rings (SSSR count). The van der Waals surface area contributed by atoms with Crippen LogP contribution in [0.15, 0.2) is 36.4 Å². The molecule has 0 fully saturated rings. The first-order valence-corrected chi connectivity index (χ1v) is 5.47. The molecule has 0 saturated carbocycles. The maximum Gasteiger partial charge on any atom is 0.123 e. The van der Waals surface area contributed by atoms with E-state index in [9.17, 15) is 4.39 Å². The lowest BCUT2D eigenvalue weighted by atomic mass is 10.1. The number of nitrogens with one attached hydrogen (secondary N) is 1. The van der Waals surface area contributed by atoms with Crippen molar-refractivity contribution in [3.05, 3.63) is 47.8 Å². The fraction of sp³-hybridized carbons (Fsp3) is 0.333. The van der Waals surface area contributed by atoms with Crippen LogP contribution in [0.3, 0.4) is 0 Å². The van der Waals surface area contributed by atoms with E-state index in [0.29, 0.717) is 5.88 Å². The molecular formula is C12H15ClFN. The molecule has 1 aromatic carbocycles. The zero-order chi connectivity index (χ0) is 11.1. The molecule has 0 aliphatic rings. The molecule has 1 atom stereocenters. The number of halogens is 2. The first kappa shape index (κ1) is 12.2. The predicted molar refractivity (Wildman–Crippen MR) is 62.7 cm³/mol. The second-order valence-corrected chi connectivity index (χ2v) is 3.62. The van der Waals surface area contributed by atoms with Gasteiger partial charge in [-0.15, -0.1) is 11.6 Å². The number of rotatable bonds is 5. The van der Waals surface area contributed by atoms with Gasteiger partial charge < -0.3 is 5.32 Å². The van der Waals surface area contributed by atoms with Crippen molar-refractivity contribution in [3.63, 3.8) is 0 Å². The Morgan fingerprint density at radius 2 is 2.27 bits per heavy atom. The molecular weight excluding hydrogens is 213 g/mol. The van der Waals surface area contributed by atoms with Gasteiger partial charge in [0.25, 0.3) is 0 Å². The molecule has 0 aliphatic heterocycles. The minimum absolute atomic E-state index is 0.140. The fourth-order valence-electron chi connectivity index (χ4n) is 1.28. The number of allylic oxidation sites excluding steroid dienone is 1. The van der Waals surface area contributed by atoms with E-state index in [1.165, 1.54) is 6.07 Å². The Hall–Kier alpha value is -0.860. The van der Waals surface area contributed by atoms with E-state index < -0.39 is 0 Å². The summed E-state index contributed by atoms with van der Waals surface area (Å²) in [6.45, 7) is 2.74. The molecule has 0 bridgehead atoms. The zero-order valence-corrected chi connectivity index (χ0v) is 9.47. The summed E-state index contributed by atoms with van der Waals surface area (Å²) >= 11 is 5.49. The summed E-state index contributed by atoms with van der Waals surface area (Å²) in [7, 11) is 0. The topological polar surface area (TPSA) is 12.0 Å². The van der Waals surface area contributed by atoms with Crippen molar-refractivity contribution in [3.8, 4) is 0 Å².